The van der Waals surface area contributed by atoms with Crippen molar-refractivity contribution >= 4 is 37.3 Å². The number of thiophene rings is 1. The second-order valence-corrected chi connectivity index (χ2v) is 10.3. The van der Waals surface area contributed by atoms with Crippen molar-refractivity contribution in [2.75, 3.05) is 20.1 Å². The topological polar surface area (TPSA) is 49.4 Å². The lowest BCUT2D eigenvalue weighted by Gasteiger charge is -2.38. The van der Waals surface area contributed by atoms with Gasteiger partial charge in [0.15, 0.2) is 0 Å². The van der Waals surface area contributed by atoms with Gasteiger partial charge in [0.1, 0.15) is 4.90 Å². The molecule has 2 heterocycles. The molecule has 0 amide bonds. The summed E-state index contributed by atoms with van der Waals surface area (Å²) in [6, 6.07) is 1.79. The van der Waals surface area contributed by atoms with Crippen molar-refractivity contribution in [2.24, 2.45) is 5.41 Å². The smallest absolute Gasteiger partial charge is 0.245 e. The van der Waals surface area contributed by atoms with Gasteiger partial charge in [0, 0.05) is 24.5 Å². The molecule has 2 rings (SSSR count). The molecule has 1 saturated heterocycles. The second-order valence-electron chi connectivity index (χ2n) is 5.95. The van der Waals surface area contributed by atoms with Crippen molar-refractivity contribution in [3.05, 3.63) is 14.7 Å². The van der Waals surface area contributed by atoms with Crippen molar-refractivity contribution in [2.45, 2.75) is 44.6 Å². The van der Waals surface area contributed by atoms with Crippen molar-refractivity contribution in [1.82, 2.24) is 9.62 Å². The molecular formula is C14H23BrN2O2S2. The summed E-state index contributed by atoms with van der Waals surface area (Å²) in [7, 11) is -1.52. The van der Waals surface area contributed by atoms with E-state index in [9.17, 15) is 8.42 Å². The largest absolute Gasteiger partial charge is 0.315 e. The zero-order valence-corrected chi connectivity index (χ0v) is 16.0. The molecule has 7 heteroatoms. The number of nitrogens with zero attached hydrogens (tertiary/aromatic N) is 1. The number of hydrogen-bond donors (Lipinski definition) is 1. The Morgan fingerprint density at radius 3 is 2.57 bits per heavy atom. The Kier molecular flexibility index (Phi) is 5.52. The van der Waals surface area contributed by atoms with Gasteiger partial charge in [0.25, 0.3) is 0 Å². The summed E-state index contributed by atoms with van der Waals surface area (Å²) in [4.78, 5) is 1.44. The summed E-state index contributed by atoms with van der Waals surface area (Å²) in [5.74, 6) is 0. The first-order chi connectivity index (χ1) is 9.82. The van der Waals surface area contributed by atoms with E-state index in [1.54, 1.807) is 10.4 Å². The zero-order valence-electron chi connectivity index (χ0n) is 12.8. The maximum absolute atomic E-state index is 12.8. The van der Waals surface area contributed by atoms with Gasteiger partial charge in [0.05, 0.1) is 3.79 Å². The molecule has 0 atom stereocenters. The van der Waals surface area contributed by atoms with Gasteiger partial charge >= 0.3 is 0 Å². The number of nitrogens with one attached hydrogen (secondary N) is 1. The molecule has 4 nitrogen and oxygen atoms in total. The predicted molar refractivity (Wildman–Crippen MR) is 91.2 cm³/mol. The van der Waals surface area contributed by atoms with E-state index in [4.69, 9.17) is 0 Å². The SMILES string of the molecule is CCC1(C)CCN(S(=O)(=O)c2cc(CNC)sc2Br)CC1. The van der Waals surface area contributed by atoms with Crippen LogP contribution in [0.2, 0.25) is 0 Å². The van der Waals surface area contributed by atoms with Crippen LogP contribution >= 0.6 is 27.3 Å². The highest BCUT2D eigenvalue weighted by molar-refractivity contribution is 9.11. The molecule has 0 unspecified atom stereocenters. The van der Waals surface area contributed by atoms with Crippen LogP contribution in [0.5, 0.6) is 0 Å². The van der Waals surface area contributed by atoms with Crippen LogP contribution in [0.3, 0.4) is 0 Å². The highest BCUT2D eigenvalue weighted by Gasteiger charge is 2.35. The molecule has 0 spiro atoms. The maximum Gasteiger partial charge on any atom is 0.245 e. The number of piperidine rings is 1. The lowest BCUT2D eigenvalue weighted by molar-refractivity contribution is 0.169. The molecule has 1 aliphatic heterocycles. The third-order valence-corrected chi connectivity index (χ3v) is 8.61. The molecule has 1 aliphatic rings. The summed E-state index contributed by atoms with van der Waals surface area (Å²) in [6.07, 6.45) is 2.98. The van der Waals surface area contributed by atoms with Gasteiger partial charge < -0.3 is 5.32 Å². The Labute approximate surface area is 140 Å². The van der Waals surface area contributed by atoms with Crippen LogP contribution in [-0.2, 0) is 16.6 Å². The van der Waals surface area contributed by atoms with Crippen LogP contribution < -0.4 is 5.32 Å². The van der Waals surface area contributed by atoms with Gasteiger partial charge in [-0.15, -0.1) is 11.3 Å². The normalized spacial score (nSPS) is 19.8. The molecule has 1 aromatic heterocycles. The summed E-state index contributed by atoms with van der Waals surface area (Å²) in [5, 5.41) is 3.06. The van der Waals surface area contributed by atoms with Gasteiger partial charge in [-0.3, -0.25) is 0 Å². The highest BCUT2D eigenvalue weighted by Crippen LogP contribution is 2.38. The maximum atomic E-state index is 12.8. The third kappa shape index (κ3) is 3.69. The monoisotopic (exact) mass is 394 g/mol. The van der Waals surface area contributed by atoms with Gasteiger partial charge in [-0.05, 0) is 47.3 Å². The van der Waals surface area contributed by atoms with Crippen LogP contribution in [0, 0.1) is 5.41 Å². The lowest BCUT2D eigenvalue weighted by atomic mass is 9.79. The first-order valence-electron chi connectivity index (χ1n) is 7.25. The van der Waals surface area contributed by atoms with E-state index < -0.39 is 10.0 Å². The van der Waals surface area contributed by atoms with Crippen LogP contribution in [0.15, 0.2) is 14.7 Å². The Bertz CT molecular complexity index is 590. The van der Waals surface area contributed by atoms with E-state index in [2.05, 4.69) is 35.1 Å². The van der Waals surface area contributed by atoms with E-state index in [0.717, 1.165) is 24.1 Å². The summed E-state index contributed by atoms with van der Waals surface area (Å²) in [5.41, 5.74) is 0.287. The first kappa shape index (κ1) is 17.4. The molecule has 0 bridgehead atoms. The Balaban J connectivity index is 2.19. The van der Waals surface area contributed by atoms with E-state index in [-0.39, 0.29) is 5.41 Å². The second kappa shape index (κ2) is 6.66. The first-order valence-corrected chi connectivity index (χ1v) is 10.3. The highest BCUT2D eigenvalue weighted by atomic mass is 79.9. The van der Waals surface area contributed by atoms with Gasteiger partial charge in [-0.1, -0.05) is 20.3 Å². The quantitative estimate of drug-likeness (QED) is 0.831. The molecule has 0 radical (unpaired) electrons. The average molecular weight is 395 g/mol. The molecular weight excluding hydrogens is 372 g/mol. The summed E-state index contributed by atoms with van der Waals surface area (Å²) < 4.78 is 28.0. The van der Waals surface area contributed by atoms with E-state index in [1.807, 2.05) is 7.05 Å². The molecule has 1 fully saturated rings. The number of hydrogen-bond acceptors (Lipinski definition) is 4. The fourth-order valence-electron chi connectivity index (χ4n) is 2.59. The number of sulfonamides is 1. The van der Waals surface area contributed by atoms with E-state index in [0.29, 0.717) is 28.3 Å². The minimum Gasteiger partial charge on any atom is -0.315 e. The fourth-order valence-corrected chi connectivity index (χ4v) is 6.68. The van der Waals surface area contributed by atoms with Gasteiger partial charge in [-0.2, -0.15) is 4.31 Å². The Morgan fingerprint density at radius 2 is 2.05 bits per heavy atom. The summed E-state index contributed by atoms with van der Waals surface area (Å²) in [6.45, 7) is 6.37. The fraction of sp³-hybridized carbons (Fsp3) is 0.714. The number of rotatable bonds is 5. The van der Waals surface area contributed by atoms with Crippen molar-refractivity contribution < 1.29 is 8.42 Å². The van der Waals surface area contributed by atoms with Crippen molar-refractivity contribution in [3.8, 4) is 0 Å². The molecule has 1 N–H and O–H groups in total. The molecule has 0 aromatic carbocycles. The summed E-state index contributed by atoms with van der Waals surface area (Å²) >= 11 is 4.89. The van der Waals surface area contributed by atoms with E-state index in [1.165, 1.54) is 11.3 Å². The predicted octanol–water partition coefficient (Wildman–Crippen LogP) is 3.43. The van der Waals surface area contributed by atoms with Crippen LogP contribution in [0.25, 0.3) is 0 Å². The minimum absolute atomic E-state index is 0.287. The lowest BCUT2D eigenvalue weighted by Crippen LogP contribution is -2.41. The van der Waals surface area contributed by atoms with Gasteiger partial charge in [-0.25, -0.2) is 8.42 Å². The van der Waals surface area contributed by atoms with Crippen molar-refractivity contribution in [1.29, 1.82) is 0 Å². The minimum atomic E-state index is -3.38. The van der Waals surface area contributed by atoms with E-state index >= 15 is 0 Å². The molecule has 0 aliphatic carbocycles. The third-order valence-electron chi connectivity index (χ3n) is 4.46. The van der Waals surface area contributed by atoms with Crippen molar-refractivity contribution in [3.63, 3.8) is 0 Å². The average Bonchev–Trinajstić information content (AvgIpc) is 2.81. The zero-order chi connectivity index (χ0) is 15.7. The van der Waals surface area contributed by atoms with Crippen LogP contribution in [0.4, 0.5) is 0 Å². The standard InChI is InChI=1S/C14H23BrN2O2S2/c1-4-14(2)5-7-17(8-6-14)21(18,19)12-9-11(10-16-3)20-13(12)15/h9,16H,4-8,10H2,1-3H3. The van der Waals surface area contributed by atoms with Crippen LogP contribution in [0.1, 0.15) is 38.0 Å². The van der Waals surface area contributed by atoms with Crippen LogP contribution in [-0.4, -0.2) is 32.9 Å². The Morgan fingerprint density at radius 1 is 1.43 bits per heavy atom. The molecule has 21 heavy (non-hydrogen) atoms. The Hall–Kier alpha value is 0.0500. The molecule has 1 aromatic rings. The molecule has 0 saturated carbocycles. The van der Waals surface area contributed by atoms with Gasteiger partial charge in [0.2, 0.25) is 10.0 Å². The molecule has 120 valence electrons. The number of halogens is 1.